The number of sulfonamides is 1. The van der Waals surface area contributed by atoms with Gasteiger partial charge in [-0.05, 0) is 30.9 Å². The second-order valence-corrected chi connectivity index (χ2v) is 7.89. The topological polar surface area (TPSA) is 76.3 Å². The van der Waals surface area contributed by atoms with E-state index in [9.17, 15) is 8.42 Å². The number of hydrogen-bond acceptors (Lipinski definition) is 5. The van der Waals surface area contributed by atoms with E-state index in [1.165, 1.54) is 4.70 Å². The van der Waals surface area contributed by atoms with Crippen LogP contribution in [0.15, 0.2) is 24.3 Å². The Balaban J connectivity index is 1.68. The Morgan fingerprint density at radius 2 is 2.00 bits per heavy atom. The predicted molar refractivity (Wildman–Crippen MR) is 82.5 cm³/mol. The number of rotatable bonds is 3. The normalized spacial score (nSPS) is 17.8. The van der Waals surface area contributed by atoms with Crippen LogP contribution in [0.2, 0.25) is 0 Å². The van der Waals surface area contributed by atoms with Crippen LogP contribution in [-0.2, 0) is 10.0 Å². The van der Waals surface area contributed by atoms with E-state index in [-0.39, 0.29) is 11.7 Å². The molecule has 7 heteroatoms. The third-order valence-electron chi connectivity index (χ3n) is 3.64. The summed E-state index contributed by atoms with van der Waals surface area (Å²) in [6.45, 7) is 1.69. The minimum Gasteiger partial charge on any atom is -0.348 e. The van der Waals surface area contributed by atoms with Crippen molar-refractivity contribution in [2.45, 2.75) is 12.8 Å². The molecule has 108 valence electrons. The van der Waals surface area contributed by atoms with E-state index in [0.29, 0.717) is 0 Å². The van der Waals surface area contributed by atoms with Crippen LogP contribution in [0, 0.1) is 5.92 Å². The summed E-state index contributed by atoms with van der Waals surface area (Å²) in [6.07, 6.45) is 1.71. The van der Waals surface area contributed by atoms with Gasteiger partial charge in [0.2, 0.25) is 10.0 Å². The highest BCUT2D eigenvalue weighted by atomic mass is 32.2. The van der Waals surface area contributed by atoms with Crippen molar-refractivity contribution in [1.29, 1.82) is 0 Å². The summed E-state index contributed by atoms with van der Waals surface area (Å²) in [5.41, 5.74) is 1.03. The van der Waals surface area contributed by atoms with Crippen molar-refractivity contribution < 1.29 is 8.42 Å². The number of thiazole rings is 1. The third kappa shape index (κ3) is 3.11. The number of nitrogens with two attached hydrogens (primary N) is 1. The maximum absolute atomic E-state index is 11.1. The molecule has 0 aliphatic carbocycles. The number of para-hydroxylation sites is 1. The largest absolute Gasteiger partial charge is 0.348 e. The van der Waals surface area contributed by atoms with Gasteiger partial charge in [-0.2, -0.15) is 0 Å². The number of fused-ring (bicyclic) bond motifs is 1. The lowest BCUT2D eigenvalue weighted by molar-refractivity contribution is 0.435. The van der Waals surface area contributed by atoms with Crippen molar-refractivity contribution in [3.05, 3.63) is 24.3 Å². The quantitative estimate of drug-likeness (QED) is 0.938. The van der Waals surface area contributed by atoms with E-state index in [2.05, 4.69) is 16.0 Å². The first-order chi connectivity index (χ1) is 9.51. The summed E-state index contributed by atoms with van der Waals surface area (Å²) in [4.78, 5) is 6.88. The Labute approximate surface area is 122 Å². The van der Waals surface area contributed by atoms with E-state index in [1.807, 2.05) is 18.2 Å². The maximum atomic E-state index is 11.1. The number of nitrogens with zero attached hydrogens (tertiary/aromatic N) is 2. The fourth-order valence-electron chi connectivity index (χ4n) is 2.61. The number of piperidine rings is 1. The van der Waals surface area contributed by atoms with Gasteiger partial charge in [-0.25, -0.2) is 18.5 Å². The zero-order valence-corrected chi connectivity index (χ0v) is 12.7. The molecule has 1 fully saturated rings. The molecule has 20 heavy (non-hydrogen) atoms. The Morgan fingerprint density at radius 3 is 2.65 bits per heavy atom. The Kier molecular flexibility index (Phi) is 3.66. The zero-order valence-electron chi connectivity index (χ0n) is 11.0. The van der Waals surface area contributed by atoms with E-state index in [4.69, 9.17) is 5.14 Å². The fraction of sp³-hybridized carbons (Fsp3) is 0.462. The van der Waals surface area contributed by atoms with Crippen molar-refractivity contribution in [1.82, 2.24) is 4.98 Å². The minimum absolute atomic E-state index is 0.0979. The molecule has 5 nitrogen and oxygen atoms in total. The van der Waals surface area contributed by atoms with Gasteiger partial charge in [0.25, 0.3) is 0 Å². The van der Waals surface area contributed by atoms with Crippen LogP contribution in [-0.4, -0.2) is 32.2 Å². The highest BCUT2D eigenvalue weighted by Gasteiger charge is 2.24. The van der Waals surface area contributed by atoms with Crippen LogP contribution in [0.3, 0.4) is 0 Å². The average Bonchev–Trinajstić information content (AvgIpc) is 2.81. The second kappa shape index (κ2) is 5.31. The molecular formula is C13H17N3O2S2. The Morgan fingerprint density at radius 1 is 1.30 bits per heavy atom. The second-order valence-electron chi connectivity index (χ2n) is 5.22. The zero-order chi connectivity index (χ0) is 14.2. The fourth-order valence-corrected chi connectivity index (χ4v) is 4.62. The van der Waals surface area contributed by atoms with Crippen molar-refractivity contribution in [2.75, 3.05) is 23.7 Å². The van der Waals surface area contributed by atoms with Crippen LogP contribution < -0.4 is 10.0 Å². The first-order valence-corrected chi connectivity index (χ1v) is 9.15. The molecule has 0 amide bonds. The molecule has 1 aliphatic rings. The van der Waals surface area contributed by atoms with Gasteiger partial charge in [-0.3, -0.25) is 0 Å². The SMILES string of the molecule is NS(=O)(=O)CC1CCN(c2nc3ccccc3s2)CC1. The number of benzene rings is 1. The van der Waals surface area contributed by atoms with E-state index < -0.39 is 10.0 Å². The number of primary sulfonamides is 1. The van der Waals surface area contributed by atoms with Gasteiger partial charge in [0.15, 0.2) is 5.13 Å². The van der Waals surface area contributed by atoms with Gasteiger partial charge in [-0.15, -0.1) is 0 Å². The van der Waals surface area contributed by atoms with Gasteiger partial charge < -0.3 is 4.90 Å². The standard InChI is InChI=1S/C13H17N3O2S2/c14-20(17,18)9-10-5-7-16(8-6-10)13-15-11-3-1-2-4-12(11)19-13/h1-4,10H,5-9H2,(H2,14,17,18). The van der Waals surface area contributed by atoms with Crippen LogP contribution in [0.1, 0.15) is 12.8 Å². The highest BCUT2D eigenvalue weighted by Crippen LogP contribution is 2.31. The molecule has 0 radical (unpaired) electrons. The predicted octanol–water partition coefficient (Wildman–Crippen LogP) is 1.80. The van der Waals surface area contributed by atoms with Crippen LogP contribution >= 0.6 is 11.3 Å². The van der Waals surface area contributed by atoms with Crippen molar-refractivity contribution in [3.63, 3.8) is 0 Å². The smallest absolute Gasteiger partial charge is 0.209 e. The summed E-state index contributed by atoms with van der Waals surface area (Å²) in [6, 6.07) is 8.10. The maximum Gasteiger partial charge on any atom is 0.209 e. The summed E-state index contributed by atoms with van der Waals surface area (Å²) in [5, 5.41) is 6.14. The monoisotopic (exact) mass is 311 g/mol. The van der Waals surface area contributed by atoms with Gasteiger partial charge in [-0.1, -0.05) is 23.5 Å². The molecule has 1 aliphatic heterocycles. The molecule has 1 aromatic heterocycles. The first-order valence-electron chi connectivity index (χ1n) is 6.62. The summed E-state index contributed by atoms with van der Waals surface area (Å²) in [5.74, 6) is 0.274. The van der Waals surface area contributed by atoms with Crippen molar-refractivity contribution >= 4 is 36.7 Å². The molecule has 1 saturated heterocycles. The van der Waals surface area contributed by atoms with E-state index >= 15 is 0 Å². The Bertz CT molecular complexity index is 670. The molecule has 0 saturated carbocycles. The molecule has 3 rings (SSSR count). The first kappa shape index (κ1) is 13.8. The molecule has 0 atom stereocenters. The van der Waals surface area contributed by atoms with Gasteiger partial charge in [0.05, 0.1) is 16.0 Å². The minimum atomic E-state index is -3.36. The summed E-state index contributed by atoms with van der Waals surface area (Å²) >= 11 is 1.69. The highest BCUT2D eigenvalue weighted by molar-refractivity contribution is 7.89. The number of hydrogen-bond donors (Lipinski definition) is 1. The average molecular weight is 311 g/mol. The third-order valence-corrected chi connectivity index (χ3v) is 5.67. The molecule has 2 heterocycles. The molecule has 0 spiro atoms. The molecule has 0 unspecified atom stereocenters. The summed E-state index contributed by atoms with van der Waals surface area (Å²) in [7, 11) is -3.36. The lowest BCUT2D eigenvalue weighted by Crippen LogP contribution is -2.36. The molecule has 0 bridgehead atoms. The molecular weight excluding hydrogens is 294 g/mol. The van der Waals surface area contributed by atoms with Crippen LogP contribution in [0.5, 0.6) is 0 Å². The number of aromatic nitrogens is 1. The van der Waals surface area contributed by atoms with Crippen LogP contribution in [0.4, 0.5) is 5.13 Å². The molecule has 2 aromatic rings. The van der Waals surface area contributed by atoms with Crippen molar-refractivity contribution in [3.8, 4) is 0 Å². The molecule has 1 aromatic carbocycles. The van der Waals surface area contributed by atoms with E-state index in [0.717, 1.165) is 36.6 Å². The molecule has 2 N–H and O–H groups in total. The summed E-state index contributed by atoms with van der Waals surface area (Å²) < 4.78 is 23.4. The number of anilines is 1. The lowest BCUT2D eigenvalue weighted by Gasteiger charge is -2.31. The van der Waals surface area contributed by atoms with Gasteiger partial charge in [0, 0.05) is 13.1 Å². The lowest BCUT2D eigenvalue weighted by atomic mass is 9.99. The van der Waals surface area contributed by atoms with Crippen molar-refractivity contribution in [2.24, 2.45) is 11.1 Å². The van der Waals surface area contributed by atoms with E-state index in [1.54, 1.807) is 11.3 Å². The van der Waals surface area contributed by atoms with Gasteiger partial charge in [0.1, 0.15) is 0 Å². The Hall–Kier alpha value is -1.18. The van der Waals surface area contributed by atoms with Crippen LogP contribution in [0.25, 0.3) is 10.2 Å². The van der Waals surface area contributed by atoms with Gasteiger partial charge >= 0.3 is 0 Å².